The van der Waals surface area contributed by atoms with E-state index in [1.165, 1.54) is 24.1 Å². The topological polar surface area (TPSA) is 99.5 Å². The number of amides is 1. The fraction of sp³-hybridized carbons (Fsp3) is 0.120. The van der Waals surface area contributed by atoms with E-state index in [-0.39, 0.29) is 24.1 Å². The van der Waals surface area contributed by atoms with Crippen molar-refractivity contribution in [2.45, 2.75) is 13.2 Å². The van der Waals surface area contributed by atoms with Gasteiger partial charge in [-0.05, 0) is 35.9 Å². The maximum Gasteiger partial charge on any atom is 0.337 e. The van der Waals surface area contributed by atoms with Gasteiger partial charge >= 0.3 is 5.97 Å². The first-order chi connectivity index (χ1) is 16.0. The molecule has 0 aliphatic heterocycles. The number of fused-ring (bicyclic) bond motifs is 1. The van der Waals surface area contributed by atoms with Crippen molar-refractivity contribution in [3.05, 3.63) is 100 Å². The Hall–Kier alpha value is -4.46. The van der Waals surface area contributed by atoms with Crippen LogP contribution < -0.4 is 15.5 Å². The summed E-state index contributed by atoms with van der Waals surface area (Å²) in [5.74, 6) is -0.534. The van der Waals surface area contributed by atoms with Gasteiger partial charge in [0.05, 0.1) is 30.1 Å². The average Bonchev–Trinajstić information content (AvgIpc) is 2.85. The molecular formula is C25H21N3O5. The monoisotopic (exact) mass is 443 g/mol. The van der Waals surface area contributed by atoms with Crippen LogP contribution in [-0.2, 0) is 22.7 Å². The summed E-state index contributed by atoms with van der Waals surface area (Å²) in [6.45, 7) is 0.147. The van der Waals surface area contributed by atoms with Crippen LogP contribution in [0.2, 0.25) is 0 Å². The molecule has 0 unspecified atom stereocenters. The third-order valence-electron chi connectivity index (χ3n) is 4.97. The zero-order chi connectivity index (χ0) is 23.2. The Labute approximate surface area is 189 Å². The summed E-state index contributed by atoms with van der Waals surface area (Å²) in [6, 6.07) is 21.2. The highest BCUT2D eigenvalue weighted by Crippen LogP contribution is 2.27. The average molecular weight is 443 g/mol. The van der Waals surface area contributed by atoms with E-state index in [1.807, 2.05) is 30.3 Å². The SMILES string of the molecule is COC(=O)c1ccc(OCc2ccccc2)c(NC(=O)Cn2ncc(=O)c3ccccc32)c1. The van der Waals surface area contributed by atoms with Gasteiger partial charge in [0.15, 0.2) is 0 Å². The van der Waals surface area contributed by atoms with Gasteiger partial charge < -0.3 is 14.8 Å². The molecule has 0 aliphatic carbocycles. The standard InChI is InChI=1S/C25H21N3O5/c1-32-25(31)18-11-12-23(33-16-17-7-3-2-4-8-17)20(13-18)27-24(30)15-28-21-10-6-5-9-19(21)22(29)14-26-28/h2-14H,15-16H2,1H3,(H,27,30). The molecule has 0 radical (unpaired) electrons. The number of nitrogens with zero attached hydrogens (tertiary/aromatic N) is 2. The van der Waals surface area contributed by atoms with Gasteiger partial charge in [0.2, 0.25) is 11.3 Å². The molecule has 166 valence electrons. The molecule has 0 spiro atoms. The molecule has 0 bridgehead atoms. The zero-order valence-corrected chi connectivity index (χ0v) is 17.9. The van der Waals surface area contributed by atoms with Crippen molar-refractivity contribution < 1.29 is 19.1 Å². The number of methoxy groups -OCH3 is 1. The van der Waals surface area contributed by atoms with Crippen molar-refractivity contribution in [2.24, 2.45) is 0 Å². The summed E-state index contributed by atoms with van der Waals surface area (Å²) in [6.07, 6.45) is 1.18. The lowest BCUT2D eigenvalue weighted by Crippen LogP contribution is -2.23. The molecule has 0 saturated heterocycles. The van der Waals surface area contributed by atoms with E-state index >= 15 is 0 Å². The highest BCUT2D eigenvalue weighted by Gasteiger charge is 2.15. The first-order valence-electron chi connectivity index (χ1n) is 10.2. The summed E-state index contributed by atoms with van der Waals surface area (Å²) in [7, 11) is 1.29. The predicted octanol–water partition coefficient (Wildman–Crippen LogP) is 3.40. The first-order valence-corrected chi connectivity index (χ1v) is 10.2. The molecular weight excluding hydrogens is 422 g/mol. The van der Waals surface area contributed by atoms with Crippen LogP contribution in [0.3, 0.4) is 0 Å². The maximum atomic E-state index is 12.9. The van der Waals surface area contributed by atoms with Gasteiger partial charge in [0.25, 0.3) is 0 Å². The van der Waals surface area contributed by atoms with Crippen LogP contribution in [0, 0.1) is 0 Å². The Morgan fingerprint density at radius 3 is 2.55 bits per heavy atom. The molecule has 33 heavy (non-hydrogen) atoms. The molecule has 4 aromatic rings. The van der Waals surface area contributed by atoms with Gasteiger partial charge in [0, 0.05) is 5.39 Å². The van der Waals surface area contributed by atoms with Crippen LogP contribution in [0.15, 0.2) is 83.8 Å². The van der Waals surface area contributed by atoms with Crippen LogP contribution in [-0.4, -0.2) is 28.8 Å². The predicted molar refractivity (Wildman–Crippen MR) is 123 cm³/mol. The molecule has 0 aliphatic rings. The van der Waals surface area contributed by atoms with E-state index in [2.05, 4.69) is 10.4 Å². The number of esters is 1. The van der Waals surface area contributed by atoms with Gasteiger partial charge in [-0.25, -0.2) is 4.79 Å². The third kappa shape index (κ3) is 5.07. The van der Waals surface area contributed by atoms with Gasteiger partial charge in [-0.1, -0.05) is 42.5 Å². The molecule has 1 amide bonds. The number of carbonyl (C=O) groups is 2. The van der Waals surface area contributed by atoms with E-state index in [9.17, 15) is 14.4 Å². The minimum absolute atomic E-state index is 0.138. The zero-order valence-electron chi connectivity index (χ0n) is 17.9. The van der Waals surface area contributed by atoms with Crippen LogP contribution in [0.4, 0.5) is 5.69 Å². The van der Waals surface area contributed by atoms with Crippen LogP contribution >= 0.6 is 0 Å². The minimum atomic E-state index is -0.534. The number of nitrogens with one attached hydrogen (secondary N) is 1. The van der Waals surface area contributed by atoms with Crippen LogP contribution in [0.25, 0.3) is 10.9 Å². The number of rotatable bonds is 7. The number of para-hydroxylation sites is 1. The Balaban J connectivity index is 1.58. The van der Waals surface area contributed by atoms with E-state index < -0.39 is 11.9 Å². The number of benzene rings is 3. The molecule has 1 heterocycles. The van der Waals surface area contributed by atoms with Gasteiger partial charge in [-0.2, -0.15) is 5.10 Å². The Morgan fingerprint density at radius 2 is 1.76 bits per heavy atom. The van der Waals surface area contributed by atoms with E-state index in [1.54, 1.807) is 36.4 Å². The second kappa shape index (κ2) is 9.78. The largest absolute Gasteiger partial charge is 0.487 e. The van der Waals surface area contributed by atoms with Crippen molar-refractivity contribution in [3.63, 3.8) is 0 Å². The van der Waals surface area contributed by atoms with E-state index in [0.717, 1.165) is 5.56 Å². The fourth-order valence-electron chi connectivity index (χ4n) is 3.35. The second-order valence-corrected chi connectivity index (χ2v) is 7.21. The normalized spacial score (nSPS) is 10.6. The van der Waals surface area contributed by atoms with Crippen LogP contribution in [0.1, 0.15) is 15.9 Å². The molecule has 8 heteroatoms. The number of carbonyl (C=O) groups excluding carboxylic acids is 2. The van der Waals surface area contributed by atoms with Crippen LogP contribution in [0.5, 0.6) is 5.75 Å². The van der Waals surface area contributed by atoms with Gasteiger partial charge in [-0.3, -0.25) is 14.3 Å². The van der Waals surface area contributed by atoms with Crippen molar-refractivity contribution in [1.29, 1.82) is 0 Å². The van der Waals surface area contributed by atoms with Crippen molar-refractivity contribution in [1.82, 2.24) is 9.78 Å². The van der Waals surface area contributed by atoms with Gasteiger partial charge in [0.1, 0.15) is 18.9 Å². The number of ether oxygens (including phenoxy) is 2. The highest BCUT2D eigenvalue weighted by atomic mass is 16.5. The Kier molecular flexibility index (Phi) is 6.45. The Morgan fingerprint density at radius 1 is 1.00 bits per heavy atom. The maximum absolute atomic E-state index is 12.9. The summed E-state index contributed by atoms with van der Waals surface area (Å²) in [5, 5.41) is 7.34. The number of hydrogen-bond acceptors (Lipinski definition) is 6. The highest BCUT2D eigenvalue weighted by molar-refractivity contribution is 5.96. The summed E-state index contributed by atoms with van der Waals surface area (Å²) < 4.78 is 12.1. The molecule has 8 nitrogen and oxygen atoms in total. The molecule has 1 N–H and O–H groups in total. The molecule has 0 atom stereocenters. The molecule has 4 rings (SSSR count). The van der Waals surface area contributed by atoms with Gasteiger partial charge in [-0.15, -0.1) is 0 Å². The quantitative estimate of drug-likeness (QED) is 0.440. The second-order valence-electron chi connectivity index (χ2n) is 7.21. The number of aromatic nitrogens is 2. The van der Waals surface area contributed by atoms with Crippen molar-refractivity contribution in [2.75, 3.05) is 12.4 Å². The fourth-order valence-corrected chi connectivity index (χ4v) is 3.35. The summed E-state index contributed by atoms with van der Waals surface area (Å²) in [5.41, 5.74) is 1.88. The minimum Gasteiger partial charge on any atom is -0.487 e. The molecule has 1 aromatic heterocycles. The van der Waals surface area contributed by atoms with E-state index in [4.69, 9.17) is 9.47 Å². The Bertz CT molecular complexity index is 1370. The third-order valence-corrected chi connectivity index (χ3v) is 4.97. The molecule has 0 fully saturated rings. The number of anilines is 1. The molecule has 3 aromatic carbocycles. The summed E-state index contributed by atoms with van der Waals surface area (Å²) >= 11 is 0. The van der Waals surface area contributed by atoms with E-state index in [0.29, 0.717) is 22.3 Å². The first kappa shape index (κ1) is 21.8. The van der Waals surface area contributed by atoms with Crippen molar-refractivity contribution in [3.8, 4) is 5.75 Å². The lowest BCUT2D eigenvalue weighted by Gasteiger charge is -2.15. The smallest absolute Gasteiger partial charge is 0.337 e. The van der Waals surface area contributed by atoms with Crippen molar-refractivity contribution >= 4 is 28.5 Å². The number of hydrogen-bond donors (Lipinski definition) is 1. The lowest BCUT2D eigenvalue weighted by molar-refractivity contribution is -0.116. The molecule has 0 saturated carbocycles. The lowest BCUT2D eigenvalue weighted by atomic mass is 10.1. The summed E-state index contributed by atoms with van der Waals surface area (Å²) in [4.78, 5) is 36.9.